The van der Waals surface area contributed by atoms with Gasteiger partial charge in [0.1, 0.15) is 23.7 Å². The van der Waals surface area contributed by atoms with E-state index >= 15 is 0 Å². The largest absolute Gasteiger partial charge is 0.494 e. The molecular weight excluding hydrogens is 558 g/mol. The van der Waals surface area contributed by atoms with Crippen molar-refractivity contribution in [2.45, 2.75) is 19.6 Å². The maximum absolute atomic E-state index is 13.8. The van der Waals surface area contributed by atoms with E-state index in [4.69, 9.17) is 13.9 Å². The average Bonchev–Trinajstić information content (AvgIpc) is 3.26. The van der Waals surface area contributed by atoms with Gasteiger partial charge in [-0.2, -0.15) is 0 Å². The van der Waals surface area contributed by atoms with E-state index in [-0.39, 0.29) is 17.1 Å². The molecule has 1 atom stereocenters. The van der Waals surface area contributed by atoms with E-state index < -0.39 is 6.04 Å². The van der Waals surface area contributed by atoms with Gasteiger partial charge in [-0.05, 0) is 72.6 Å². The van der Waals surface area contributed by atoms with Gasteiger partial charge in [0.15, 0.2) is 5.43 Å². The van der Waals surface area contributed by atoms with E-state index in [9.17, 15) is 9.59 Å². The van der Waals surface area contributed by atoms with Crippen LogP contribution >= 0.6 is 15.9 Å². The number of anilines is 1. The van der Waals surface area contributed by atoms with Crippen molar-refractivity contribution >= 4 is 38.5 Å². The smallest absolute Gasteiger partial charge is 0.295 e. The fourth-order valence-corrected chi connectivity index (χ4v) is 5.24. The zero-order valence-electron chi connectivity index (χ0n) is 21.1. The standard InChI is InChI=1S/C32H24BrNO5/c1-2-37-24-15-11-23(12-16-24)34-29(21-8-13-25(14-9-21)38-19-20-6-4-3-5-7-20)28-30(35)26-18-22(33)10-17-27(26)39-31(28)32(34)36/h3-18,29H,2,19H2,1H3. The summed E-state index contributed by atoms with van der Waals surface area (Å²) >= 11 is 3.44. The number of nitrogens with zero attached hydrogens (tertiary/aromatic N) is 1. The minimum atomic E-state index is -0.673. The number of benzene rings is 4. The second kappa shape index (κ2) is 10.4. The van der Waals surface area contributed by atoms with Gasteiger partial charge in [-0.25, -0.2) is 0 Å². The number of rotatable bonds is 7. The van der Waals surface area contributed by atoms with Gasteiger partial charge in [-0.15, -0.1) is 0 Å². The summed E-state index contributed by atoms with van der Waals surface area (Å²) in [5, 5.41) is 0.414. The van der Waals surface area contributed by atoms with Gasteiger partial charge in [0.05, 0.1) is 23.6 Å². The molecule has 1 aromatic heterocycles. The monoisotopic (exact) mass is 581 g/mol. The fraction of sp³-hybridized carbons (Fsp3) is 0.125. The topological polar surface area (TPSA) is 69.0 Å². The zero-order valence-corrected chi connectivity index (χ0v) is 22.7. The van der Waals surface area contributed by atoms with Crippen LogP contribution in [0.1, 0.15) is 40.2 Å². The molecule has 0 saturated carbocycles. The van der Waals surface area contributed by atoms with Gasteiger partial charge in [-0.3, -0.25) is 14.5 Å². The van der Waals surface area contributed by atoms with Crippen LogP contribution in [0.4, 0.5) is 5.69 Å². The lowest BCUT2D eigenvalue weighted by molar-refractivity contribution is 0.0971. The number of amides is 1. The van der Waals surface area contributed by atoms with E-state index in [1.165, 1.54) is 0 Å². The Hall–Kier alpha value is -4.36. The van der Waals surface area contributed by atoms with Crippen LogP contribution in [0.15, 0.2) is 111 Å². The summed E-state index contributed by atoms with van der Waals surface area (Å²) < 4.78 is 18.4. The lowest BCUT2D eigenvalue weighted by atomic mass is 9.98. The normalized spacial score (nSPS) is 14.5. The molecule has 194 valence electrons. The quantitative estimate of drug-likeness (QED) is 0.202. The predicted octanol–water partition coefficient (Wildman–Crippen LogP) is 7.28. The van der Waals surface area contributed by atoms with Crippen LogP contribution in [0.5, 0.6) is 11.5 Å². The highest BCUT2D eigenvalue weighted by Crippen LogP contribution is 2.42. The summed E-state index contributed by atoms with van der Waals surface area (Å²) in [5.41, 5.74) is 2.92. The lowest BCUT2D eigenvalue weighted by Crippen LogP contribution is -2.29. The van der Waals surface area contributed by atoms with Crippen LogP contribution in [-0.4, -0.2) is 12.5 Å². The highest BCUT2D eigenvalue weighted by molar-refractivity contribution is 9.10. The van der Waals surface area contributed by atoms with Crippen molar-refractivity contribution in [2.24, 2.45) is 0 Å². The Balaban J connectivity index is 1.43. The predicted molar refractivity (Wildman–Crippen MR) is 154 cm³/mol. The summed E-state index contributed by atoms with van der Waals surface area (Å²) in [6.07, 6.45) is 0. The second-order valence-corrected chi connectivity index (χ2v) is 10.1. The molecule has 2 heterocycles. The number of fused-ring (bicyclic) bond motifs is 2. The Labute approximate surface area is 233 Å². The Morgan fingerprint density at radius 1 is 0.846 bits per heavy atom. The third-order valence-corrected chi connectivity index (χ3v) is 7.20. The molecule has 4 aromatic carbocycles. The van der Waals surface area contributed by atoms with Gasteiger partial charge >= 0.3 is 0 Å². The molecule has 39 heavy (non-hydrogen) atoms. The van der Waals surface area contributed by atoms with Gasteiger partial charge in [-0.1, -0.05) is 58.4 Å². The molecule has 0 aliphatic carbocycles. The molecule has 1 amide bonds. The van der Waals surface area contributed by atoms with Gasteiger partial charge in [0, 0.05) is 10.2 Å². The summed E-state index contributed by atoms with van der Waals surface area (Å²) in [7, 11) is 0. The molecule has 0 saturated heterocycles. The van der Waals surface area contributed by atoms with Crippen LogP contribution in [0.25, 0.3) is 11.0 Å². The van der Waals surface area contributed by atoms with Gasteiger partial charge in [0.25, 0.3) is 5.91 Å². The van der Waals surface area contributed by atoms with Crippen molar-refractivity contribution in [1.82, 2.24) is 0 Å². The number of carbonyl (C=O) groups excluding carboxylic acids is 1. The molecule has 0 N–H and O–H groups in total. The minimum Gasteiger partial charge on any atom is -0.494 e. The molecule has 6 nitrogen and oxygen atoms in total. The van der Waals surface area contributed by atoms with Crippen LogP contribution in [0, 0.1) is 0 Å². The highest BCUT2D eigenvalue weighted by Gasteiger charge is 2.43. The van der Waals surface area contributed by atoms with E-state index in [1.807, 2.05) is 85.8 Å². The van der Waals surface area contributed by atoms with Crippen LogP contribution in [-0.2, 0) is 6.61 Å². The van der Waals surface area contributed by atoms with Crippen molar-refractivity contribution in [2.75, 3.05) is 11.5 Å². The van der Waals surface area contributed by atoms with E-state index in [1.54, 1.807) is 23.1 Å². The first-order chi connectivity index (χ1) is 19.0. The van der Waals surface area contributed by atoms with Crippen LogP contribution in [0.2, 0.25) is 0 Å². The summed E-state index contributed by atoms with van der Waals surface area (Å²) in [5.74, 6) is 1.07. The molecule has 7 heteroatoms. The van der Waals surface area contributed by atoms with E-state index in [0.717, 1.165) is 15.6 Å². The number of ether oxygens (including phenoxy) is 2. The Kier molecular flexibility index (Phi) is 6.67. The van der Waals surface area contributed by atoms with E-state index in [0.29, 0.717) is 46.9 Å². The molecular formula is C32H24BrNO5. The van der Waals surface area contributed by atoms with Gasteiger partial charge < -0.3 is 13.9 Å². The van der Waals surface area contributed by atoms with Crippen LogP contribution < -0.4 is 19.8 Å². The maximum atomic E-state index is 13.8. The van der Waals surface area contributed by atoms with Crippen molar-refractivity contribution in [1.29, 1.82) is 0 Å². The second-order valence-electron chi connectivity index (χ2n) is 9.16. The zero-order chi connectivity index (χ0) is 26.9. The molecule has 0 fully saturated rings. The number of carbonyl (C=O) groups is 1. The van der Waals surface area contributed by atoms with Crippen molar-refractivity contribution in [3.8, 4) is 11.5 Å². The molecule has 0 bridgehead atoms. The number of halogens is 1. The van der Waals surface area contributed by atoms with Crippen molar-refractivity contribution < 1.29 is 18.7 Å². The Morgan fingerprint density at radius 3 is 2.26 bits per heavy atom. The molecule has 1 aliphatic heterocycles. The van der Waals surface area contributed by atoms with Gasteiger partial charge in [0.2, 0.25) is 5.76 Å². The number of hydrogen-bond donors (Lipinski definition) is 0. The summed E-state index contributed by atoms with van der Waals surface area (Å²) in [6, 6.07) is 29.2. The first-order valence-corrected chi connectivity index (χ1v) is 13.4. The van der Waals surface area contributed by atoms with E-state index in [2.05, 4.69) is 15.9 Å². The maximum Gasteiger partial charge on any atom is 0.295 e. The SMILES string of the molecule is CCOc1ccc(N2C(=O)c3oc4ccc(Br)cc4c(=O)c3C2c2ccc(OCc3ccccc3)cc2)cc1. The third kappa shape index (κ3) is 4.70. The van der Waals surface area contributed by atoms with Crippen LogP contribution in [0.3, 0.4) is 0 Å². The Morgan fingerprint density at radius 2 is 1.54 bits per heavy atom. The first kappa shape index (κ1) is 24.9. The van der Waals surface area contributed by atoms with Crippen molar-refractivity contribution in [3.05, 3.63) is 134 Å². The molecule has 0 spiro atoms. The number of hydrogen-bond acceptors (Lipinski definition) is 5. The molecule has 6 rings (SSSR count). The first-order valence-electron chi connectivity index (χ1n) is 12.6. The Bertz CT molecular complexity index is 1710. The fourth-order valence-electron chi connectivity index (χ4n) is 4.88. The minimum absolute atomic E-state index is 0.0538. The summed E-state index contributed by atoms with van der Waals surface area (Å²) in [6.45, 7) is 2.89. The molecule has 5 aromatic rings. The molecule has 1 unspecified atom stereocenters. The third-order valence-electron chi connectivity index (χ3n) is 6.70. The lowest BCUT2D eigenvalue weighted by Gasteiger charge is -2.25. The molecule has 0 radical (unpaired) electrons. The van der Waals surface area contributed by atoms with Crippen molar-refractivity contribution in [3.63, 3.8) is 0 Å². The highest BCUT2D eigenvalue weighted by atomic mass is 79.9. The average molecular weight is 582 g/mol. The summed E-state index contributed by atoms with van der Waals surface area (Å²) in [4.78, 5) is 29.3. The molecule has 1 aliphatic rings.